The van der Waals surface area contributed by atoms with Crippen LogP contribution in [0.2, 0.25) is 0 Å². The van der Waals surface area contributed by atoms with Crippen LogP contribution < -0.4 is 15.6 Å². The smallest absolute Gasteiger partial charge is 0.252 e. The van der Waals surface area contributed by atoms with E-state index in [2.05, 4.69) is 10.0 Å². The van der Waals surface area contributed by atoms with E-state index in [0.29, 0.717) is 11.4 Å². The van der Waals surface area contributed by atoms with Gasteiger partial charge in [-0.05, 0) is 37.5 Å². The van der Waals surface area contributed by atoms with E-state index in [-0.39, 0.29) is 16.5 Å². The molecular formula is C16H18FN3O2S. The van der Waals surface area contributed by atoms with Gasteiger partial charge in [0.1, 0.15) is 16.8 Å². The Kier molecular flexibility index (Phi) is 4.21. The fraction of sp³-hybridized carbons (Fsp3) is 0.312. The normalized spacial score (nSPS) is 15.3. The number of nitrogens with one attached hydrogen (secondary N) is 2. The van der Waals surface area contributed by atoms with Gasteiger partial charge < -0.3 is 14.6 Å². The number of anilines is 3. The van der Waals surface area contributed by atoms with E-state index >= 15 is 0 Å². The van der Waals surface area contributed by atoms with Gasteiger partial charge >= 0.3 is 0 Å². The van der Waals surface area contributed by atoms with E-state index in [9.17, 15) is 13.4 Å². The fourth-order valence-electron chi connectivity index (χ4n) is 2.16. The van der Waals surface area contributed by atoms with E-state index in [0.717, 1.165) is 18.4 Å². The molecule has 0 amide bonds. The largest absolute Gasteiger partial charge is 0.351 e. The standard InChI is InChI=1S/C16H18FN3O2S/c1-10-3-6-13(12(17)7-10)18-14-8-16(21)20(2)9-15(14)19-23(22)11-4-5-11/h3,6-9,11,18-19H,4-5H2,1-2H3. The summed E-state index contributed by atoms with van der Waals surface area (Å²) < 4.78 is 30.4. The molecule has 2 N–H and O–H groups in total. The topological polar surface area (TPSA) is 63.1 Å². The Morgan fingerprint density at radius 2 is 1.96 bits per heavy atom. The summed E-state index contributed by atoms with van der Waals surface area (Å²) in [7, 11) is 0.412. The van der Waals surface area contributed by atoms with Crippen LogP contribution in [0.1, 0.15) is 18.4 Å². The summed E-state index contributed by atoms with van der Waals surface area (Å²) in [5.41, 5.74) is 1.76. The number of rotatable bonds is 5. The van der Waals surface area contributed by atoms with Gasteiger partial charge in [-0.1, -0.05) is 6.07 Å². The van der Waals surface area contributed by atoms with Crippen molar-refractivity contribution in [2.75, 3.05) is 10.0 Å². The fourth-order valence-corrected chi connectivity index (χ4v) is 3.27. The summed E-state index contributed by atoms with van der Waals surface area (Å²) in [4.78, 5) is 11.9. The molecule has 1 saturated carbocycles. The predicted molar refractivity (Wildman–Crippen MR) is 90.9 cm³/mol. The Bertz CT molecular complexity index is 831. The zero-order valence-corrected chi connectivity index (χ0v) is 13.7. The molecule has 0 aliphatic heterocycles. The number of hydrogen-bond acceptors (Lipinski definition) is 3. The van der Waals surface area contributed by atoms with Gasteiger partial charge in [0.2, 0.25) is 0 Å². The van der Waals surface area contributed by atoms with Gasteiger partial charge in [0.15, 0.2) is 0 Å². The highest BCUT2D eigenvalue weighted by Crippen LogP contribution is 2.30. The average Bonchev–Trinajstić information content (AvgIpc) is 3.31. The lowest BCUT2D eigenvalue weighted by atomic mass is 10.2. The first kappa shape index (κ1) is 15.7. The third kappa shape index (κ3) is 3.61. The monoisotopic (exact) mass is 335 g/mol. The number of pyridine rings is 1. The van der Waals surface area contributed by atoms with Crippen LogP contribution in [0.15, 0.2) is 35.3 Å². The highest BCUT2D eigenvalue weighted by Gasteiger charge is 2.29. The third-order valence-electron chi connectivity index (χ3n) is 3.66. The van der Waals surface area contributed by atoms with Gasteiger partial charge in [0, 0.05) is 19.3 Å². The molecule has 23 heavy (non-hydrogen) atoms. The molecule has 1 aliphatic carbocycles. The summed E-state index contributed by atoms with van der Waals surface area (Å²) >= 11 is 0. The minimum absolute atomic E-state index is 0.149. The summed E-state index contributed by atoms with van der Waals surface area (Å²) in [5, 5.41) is 3.06. The van der Waals surface area contributed by atoms with Crippen molar-refractivity contribution in [3.63, 3.8) is 0 Å². The second kappa shape index (κ2) is 6.16. The highest BCUT2D eigenvalue weighted by molar-refractivity contribution is 7.87. The van der Waals surface area contributed by atoms with Gasteiger partial charge in [0.05, 0.1) is 22.3 Å². The van der Waals surface area contributed by atoms with Crippen LogP contribution >= 0.6 is 0 Å². The minimum Gasteiger partial charge on any atom is -0.351 e. The number of benzene rings is 1. The molecular weight excluding hydrogens is 317 g/mol. The van der Waals surface area contributed by atoms with Crippen molar-refractivity contribution < 1.29 is 8.60 Å². The van der Waals surface area contributed by atoms with E-state index in [1.54, 1.807) is 32.3 Å². The molecule has 122 valence electrons. The maximum absolute atomic E-state index is 14.0. The quantitative estimate of drug-likeness (QED) is 0.883. The van der Waals surface area contributed by atoms with Crippen molar-refractivity contribution in [3.8, 4) is 0 Å². The Morgan fingerprint density at radius 1 is 1.22 bits per heavy atom. The first-order valence-corrected chi connectivity index (χ1v) is 8.56. The van der Waals surface area contributed by atoms with Gasteiger partial charge in [0.25, 0.3) is 5.56 Å². The second-order valence-electron chi connectivity index (χ2n) is 5.76. The molecule has 0 bridgehead atoms. The maximum Gasteiger partial charge on any atom is 0.252 e. The minimum atomic E-state index is -1.20. The lowest BCUT2D eigenvalue weighted by Gasteiger charge is -2.15. The van der Waals surface area contributed by atoms with Crippen LogP contribution in [0, 0.1) is 12.7 Å². The zero-order chi connectivity index (χ0) is 16.6. The Morgan fingerprint density at radius 3 is 2.61 bits per heavy atom. The van der Waals surface area contributed by atoms with Crippen molar-refractivity contribution in [3.05, 3.63) is 52.2 Å². The zero-order valence-electron chi connectivity index (χ0n) is 12.9. The van der Waals surface area contributed by atoms with Crippen LogP contribution in [-0.2, 0) is 18.0 Å². The van der Waals surface area contributed by atoms with Gasteiger partial charge in [-0.15, -0.1) is 0 Å². The van der Waals surface area contributed by atoms with Crippen LogP contribution in [0.4, 0.5) is 21.5 Å². The van der Waals surface area contributed by atoms with Crippen molar-refractivity contribution in [1.29, 1.82) is 0 Å². The number of nitrogens with zero attached hydrogens (tertiary/aromatic N) is 1. The predicted octanol–water partition coefficient (Wildman–Crippen LogP) is 2.81. The van der Waals surface area contributed by atoms with Gasteiger partial charge in [-0.3, -0.25) is 4.79 Å². The Hall–Kier alpha value is -2.15. The molecule has 2 aromatic rings. The first-order valence-electron chi connectivity index (χ1n) is 7.35. The molecule has 1 atom stereocenters. The molecule has 1 heterocycles. The summed E-state index contributed by atoms with van der Waals surface area (Å²) in [6, 6.07) is 6.18. The van der Waals surface area contributed by atoms with Crippen LogP contribution in [0.5, 0.6) is 0 Å². The molecule has 7 heteroatoms. The van der Waals surface area contributed by atoms with Gasteiger partial charge in [-0.25, -0.2) is 8.60 Å². The lowest BCUT2D eigenvalue weighted by molar-refractivity contribution is 0.630. The Balaban J connectivity index is 1.94. The van der Waals surface area contributed by atoms with E-state index < -0.39 is 16.8 Å². The molecule has 5 nitrogen and oxygen atoms in total. The van der Waals surface area contributed by atoms with Crippen LogP contribution in [0.3, 0.4) is 0 Å². The van der Waals surface area contributed by atoms with E-state index in [1.165, 1.54) is 16.7 Å². The molecule has 1 unspecified atom stereocenters. The van der Waals surface area contributed by atoms with E-state index in [4.69, 9.17) is 0 Å². The number of hydrogen-bond donors (Lipinski definition) is 2. The van der Waals surface area contributed by atoms with Gasteiger partial charge in [-0.2, -0.15) is 0 Å². The highest BCUT2D eigenvalue weighted by atomic mass is 32.2. The number of aromatic nitrogens is 1. The summed E-state index contributed by atoms with van der Waals surface area (Å²) in [6.45, 7) is 1.80. The van der Waals surface area contributed by atoms with Crippen molar-refractivity contribution >= 4 is 28.0 Å². The molecule has 3 rings (SSSR count). The Labute approximate surface area is 136 Å². The molecule has 0 saturated heterocycles. The summed E-state index contributed by atoms with van der Waals surface area (Å²) in [5.74, 6) is -0.403. The molecule has 0 radical (unpaired) electrons. The SMILES string of the molecule is Cc1ccc(Nc2cc(=O)n(C)cc2NS(=O)C2CC2)c(F)c1. The van der Waals surface area contributed by atoms with Crippen molar-refractivity contribution in [2.24, 2.45) is 7.05 Å². The second-order valence-corrected chi connectivity index (χ2v) is 7.22. The average molecular weight is 335 g/mol. The van der Waals surface area contributed by atoms with Crippen molar-refractivity contribution in [2.45, 2.75) is 25.0 Å². The molecule has 1 aromatic heterocycles. The molecule has 0 spiro atoms. The molecule has 1 aliphatic rings. The van der Waals surface area contributed by atoms with Crippen LogP contribution in [-0.4, -0.2) is 14.0 Å². The molecule has 1 fully saturated rings. The van der Waals surface area contributed by atoms with E-state index in [1.807, 2.05) is 0 Å². The van der Waals surface area contributed by atoms with Crippen LogP contribution in [0.25, 0.3) is 0 Å². The molecule has 1 aromatic carbocycles. The summed E-state index contributed by atoms with van der Waals surface area (Å²) in [6.07, 6.45) is 3.43. The van der Waals surface area contributed by atoms with Crippen molar-refractivity contribution in [1.82, 2.24) is 4.57 Å². The number of halogens is 1. The number of aryl methyl sites for hydroxylation is 2. The lowest BCUT2D eigenvalue weighted by Crippen LogP contribution is -2.19. The maximum atomic E-state index is 14.0. The third-order valence-corrected chi connectivity index (χ3v) is 5.16. The first-order chi connectivity index (χ1) is 10.9.